The third kappa shape index (κ3) is 4.93. The molecule has 0 bridgehead atoms. The quantitative estimate of drug-likeness (QED) is 0.642. The molecule has 9 heteroatoms. The first kappa shape index (κ1) is 19.5. The average Bonchev–Trinajstić information content (AvgIpc) is 3.07. The summed E-state index contributed by atoms with van der Waals surface area (Å²) >= 11 is 0. The molecule has 3 aromatic rings. The number of aromatic amines is 1. The van der Waals surface area contributed by atoms with Crippen LogP contribution in [0.4, 0.5) is 4.79 Å². The number of nitrogens with zero attached hydrogens (tertiary/aromatic N) is 4. The molecule has 0 radical (unpaired) electrons. The summed E-state index contributed by atoms with van der Waals surface area (Å²) in [7, 11) is 1.65. The molecule has 28 heavy (non-hydrogen) atoms. The van der Waals surface area contributed by atoms with Gasteiger partial charge in [-0.1, -0.05) is 31.1 Å². The van der Waals surface area contributed by atoms with Crippen molar-refractivity contribution in [3.8, 4) is 0 Å². The number of amides is 2. The molecule has 1 aromatic carbocycles. The highest BCUT2D eigenvalue weighted by atomic mass is 16.5. The summed E-state index contributed by atoms with van der Waals surface area (Å²) in [5, 5.41) is 7.26. The van der Waals surface area contributed by atoms with Gasteiger partial charge in [-0.3, -0.25) is 4.79 Å². The zero-order valence-electron chi connectivity index (χ0n) is 16.2. The minimum Gasteiger partial charge on any atom is -0.338 e. The molecule has 0 saturated heterocycles. The Morgan fingerprint density at radius 3 is 2.86 bits per heavy atom. The standard InChI is InChI=1S/C19H24N6O3/c1-12(2)10-16-22-17(28-24-16)11-25(3)19(27)20-9-8-15-21-14-7-5-4-6-13(14)18(26)23-15/h4-7,12H,8-11H2,1-3H3,(H,20,27)(H,21,23,26). The van der Waals surface area contributed by atoms with E-state index in [1.54, 1.807) is 25.2 Å². The predicted octanol–water partition coefficient (Wildman–Crippen LogP) is 1.89. The molecule has 0 unspecified atom stereocenters. The topological polar surface area (TPSA) is 117 Å². The molecule has 0 spiro atoms. The first-order valence-corrected chi connectivity index (χ1v) is 9.20. The van der Waals surface area contributed by atoms with Crippen molar-refractivity contribution < 1.29 is 9.32 Å². The number of hydrogen-bond donors (Lipinski definition) is 2. The molecule has 2 N–H and O–H groups in total. The lowest BCUT2D eigenvalue weighted by atomic mass is 10.1. The van der Waals surface area contributed by atoms with E-state index in [1.165, 1.54) is 4.90 Å². The summed E-state index contributed by atoms with van der Waals surface area (Å²) in [6, 6.07) is 6.88. The van der Waals surface area contributed by atoms with Crippen molar-refractivity contribution in [3.05, 3.63) is 52.2 Å². The summed E-state index contributed by atoms with van der Waals surface area (Å²) in [4.78, 5) is 37.2. The highest BCUT2D eigenvalue weighted by Gasteiger charge is 2.14. The molecule has 0 atom stereocenters. The second-order valence-corrected chi connectivity index (χ2v) is 7.07. The molecule has 3 rings (SSSR count). The molecule has 0 saturated carbocycles. The van der Waals surface area contributed by atoms with Gasteiger partial charge in [-0.15, -0.1) is 0 Å². The number of carbonyl (C=O) groups is 1. The Hall–Kier alpha value is -3.23. The highest BCUT2D eigenvalue weighted by Crippen LogP contribution is 2.07. The van der Waals surface area contributed by atoms with Crippen LogP contribution in [0.1, 0.15) is 31.4 Å². The number of carbonyl (C=O) groups excluding carboxylic acids is 1. The second kappa shape index (κ2) is 8.64. The average molecular weight is 384 g/mol. The van der Waals surface area contributed by atoms with E-state index < -0.39 is 0 Å². The smallest absolute Gasteiger partial charge is 0.317 e. The summed E-state index contributed by atoms with van der Waals surface area (Å²) < 4.78 is 5.18. The van der Waals surface area contributed by atoms with Crippen LogP contribution in [-0.4, -0.2) is 44.6 Å². The van der Waals surface area contributed by atoms with Crippen LogP contribution in [0.3, 0.4) is 0 Å². The van der Waals surface area contributed by atoms with Gasteiger partial charge in [0.15, 0.2) is 5.82 Å². The Labute approximate surface area is 162 Å². The number of fused-ring (bicyclic) bond motifs is 1. The van der Waals surface area contributed by atoms with Gasteiger partial charge in [-0.2, -0.15) is 4.98 Å². The zero-order valence-corrected chi connectivity index (χ0v) is 16.2. The van der Waals surface area contributed by atoms with Crippen LogP contribution in [0, 0.1) is 5.92 Å². The van der Waals surface area contributed by atoms with Crippen molar-refractivity contribution >= 4 is 16.9 Å². The molecular formula is C19H24N6O3. The van der Waals surface area contributed by atoms with Gasteiger partial charge in [-0.25, -0.2) is 9.78 Å². The van der Waals surface area contributed by atoms with Gasteiger partial charge < -0.3 is 19.7 Å². The van der Waals surface area contributed by atoms with Crippen LogP contribution in [0.5, 0.6) is 0 Å². The van der Waals surface area contributed by atoms with Gasteiger partial charge in [0.25, 0.3) is 5.56 Å². The van der Waals surface area contributed by atoms with Crippen LogP contribution in [0.25, 0.3) is 10.9 Å². The van der Waals surface area contributed by atoms with Crippen LogP contribution in [0.2, 0.25) is 0 Å². The first-order valence-electron chi connectivity index (χ1n) is 9.20. The van der Waals surface area contributed by atoms with E-state index >= 15 is 0 Å². The van der Waals surface area contributed by atoms with Gasteiger partial charge in [0, 0.05) is 26.4 Å². The van der Waals surface area contributed by atoms with Crippen LogP contribution in [-0.2, 0) is 19.4 Å². The van der Waals surface area contributed by atoms with Gasteiger partial charge in [-0.05, 0) is 18.1 Å². The summed E-state index contributed by atoms with van der Waals surface area (Å²) in [5.41, 5.74) is 0.455. The number of para-hydroxylation sites is 1. The Bertz CT molecular complexity index is 1010. The summed E-state index contributed by atoms with van der Waals surface area (Å²) in [6.45, 7) is 4.72. The van der Waals surface area contributed by atoms with Crippen molar-refractivity contribution in [3.63, 3.8) is 0 Å². The number of urea groups is 1. The number of nitrogens with one attached hydrogen (secondary N) is 2. The fourth-order valence-corrected chi connectivity index (χ4v) is 2.75. The summed E-state index contributed by atoms with van der Waals surface area (Å²) in [6.07, 6.45) is 1.15. The van der Waals surface area contributed by atoms with E-state index in [4.69, 9.17) is 4.52 Å². The van der Waals surface area contributed by atoms with E-state index in [0.717, 1.165) is 6.42 Å². The van der Waals surface area contributed by atoms with E-state index in [1.807, 2.05) is 6.07 Å². The summed E-state index contributed by atoms with van der Waals surface area (Å²) in [5.74, 6) is 2.00. The van der Waals surface area contributed by atoms with Gasteiger partial charge in [0.2, 0.25) is 5.89 Å². The number of H-pyrrole nitrogens is 1. The minimum absolute atomic E-state index is 0.183. The van der Waals surface area contributed by atoms with Crippen LogP contribution < -0.4 is 10.9 Å². The highest BCUT2D eigenvalue weighted by molar-refractivity contribution is 5.77. The molecule has 2 heterocycles. The molecule has 2 amide bonds. The molecular weight excluding hydrogens is 360 g/mol. The number of aromatic nitrogens is 4. The third-order valence-corrected chi connectivity index (χ3v) is 4.12. The molecule has 148 valence electrons. The van der Waals surface area contributed by atoms with Crippen molar-refractivity contribution in [2.24, 2.45) is 5.92 Å². The maximum absolute atomic E-state index is 12.2. The Morgan fingerprint density at radius 1 is 1.29 bits per heavy atom. The number of benzene rings is 1. The van der Waals surface area contributed by atoms with Crippen molar-refractivity contribution in [1.82, 2.24) is 30.3 Å². The molecule has 2 aromatic heterocycles. The number of hydrogen-bond acceptors (Lipinski definition) is 6. The van der Waals surface area contributed by atoms with Crippen molar-refractivity contribution in [2.75, 3.05) is 13.6 Å². The lowest BCUT2D eigenvalue weighted by Gasteiger charge is -2.15. The largest absolute Gasteiger partial charge is 0.338 e. The fraction of sp³-hybridized carbons (Fsp3) is 0.421. The second-order valence-electron chi connectivity index (χ2n) is 7.07. The lowest BCUT2D eigenvalue weighted by Crippen LogP contribution is -2.38. The maximum Gasteiger partial charge on any atom is 0.317 e. The molecule has 0 aliphatic rings. The van der Waals surface area contributed by atoms with E-state index in [2.05, 4.69) is 39.3 Å². The molecule has 0 aliphatic carbocycles. The van der Waals surface area contributed by atoms with Crippen LogP contribution in [0.15, 0.2) is 33.6 Å². The van der Waals surface area contributed by atoms with Crippen molar-refractivity contribution in [2.45, 2.75) is 33.2 Å². The van der Waals surface area contributed by atoms with Crippen molar-refractivity contribution in [1.29, 1.82) is 0 Å². The van der Waals surface area contributed by atoms with E-state index in [-0.39, 0.29) is 18.1 Å². The van der Waals surface area contributed by atoms with E-state index in [9.17, 15) is 9.59 Å². The Morgan fingerprint density at radius 2 is 2.07 bits per heavy atom. The molecule has 0 fully saturated rings. The predicted molar refractivity (Wildman–Crippen MR) is 104 cm³/mol. The van der Waals surface area contributed by atoms with E-state index in [0.29, 0.717) is 47.3 Å². The first-order chi connectivity index (χ1) is 13.4. The van der Waals surface area contributed by atoms with Gasteiger partial charge in [0.1, 0.15) is 12.4 Å². The monoisotopic (exact) mass is 384 g/mol. The maximum atomic E-state index is 12.2. The molecule has 0 aliphatic heterocycles. The molecule has 9 nitrogen and oxygen atoms in total. The Kier molecular flexibility index (Phi) is 6.03. The zero-order chi connectivity index (χ0) is 20.1. The fourth-order valence-electron chi connectivity index (χ4n) is 2.75. The van der Waals surface area contributed by atoms with Gasteiger partial charge >= 0.3 is 6.03 Å². The normalized spacial score (nSPS) is 11.1. The van der Waals surface area contributed by atoms with Crippen LogP contribution >= 0.6 is 0 Å². The Balaban J connectivity index is 1.51. The number of rotatable bonds is 7. The minimum atomic E-state index is -0.272. The third-order valence-electron chi connectivity index (χ3n) is 4.12. The lowest BCUT2D eigenvalue weighted by molar-refractivity contribution is 0.199. The SMILES string of the molecule is CC(C)Cc1noc(CN(C)C(=O)NCCc2nc3ccccc3c(=O)[nH]2)n1. The van der Waals surface area contributed by atoms with Gasteiger partial charge in [0.05, 0.1) is 10.9 Å².